The molecule has 6 nitrogen and oxygen atoms in total. The minimum Gasteiger partial charge on any atom is -0.497 e. The maximum Gasteiger partial charge on any atom is 0.457 e. The van der Waals surface area contributed by atoms with Crippen molar-refractivity contribution in [3.05, 3.63) is 83.4 Å². The number of methoxy groups -OCH3 is 2. The number of fused-ring (bicyclic) bond motifs is 1. The number of hydrogen-bond acceptors (Lipinski definition) is 3. The number of aromatic nitrogens is 3. The lowest BCUT2D eigenvalue weighted by Gasteiger charge is -2.01. The SMILES string of the molecule is COc1ccc(-n2c(=O)n(-c3ccc(OC)cc3)[n+]3ccccc23)cc1. The lowest BCUT2D eigenvalue weighted by Crippen LogP contribution is -2.36. The second kappa shape index (κ2) is 6.40. The molecule has 0 aliphatic heterocycles. The molecular weight excluding hydrogens is 330 g/mol. The highest BCUT2D eigenvalue weighted by atomic mass is 16.5. The molecule has 0 N–H and O–H groups in total. The molecule has 4 aromatic rings. The van der Waals surface area contributed by atoms with Crippen molar-refractivity contribution < 1.29 is 14.0 Å². The van der Waals surface area contributed by atoms with E-state index in [1.807, 2.05) is 77.4 Å². The molecule has 2 aromatic carbocycles. The van der Waals surface area contributed by atoms with E-state index >= 15 is 0 Å². The van der Waals surface area contributed by atoms with Gasteiger partial charge in [-0.05, 0) is 54.6 Å². The molecule has 0 fully saturated rings. The average Bonchev–Trinajstić information content (AvgIpc) is 3.00. The third kappa shape index (κ3) is 2.52. The zero-order valence-corrected chi connectivity index (χ0v) is 14.5. The summed E-state index contributed by atoms with van der Waals surface area (Å²) in [6.45, 7) is 0. The molecule has 0 unspecified atom stereocenters. The Morgan fingerprint density at radius 2 is 1.35 bits per heavy atom. The Morgan fingerprint density at radius 1 is 0.769 bits per heavy atom. The van der Waals surface area contributed by atoms with Crippen LogP contribution in [0.4, 0.5) is 0 Å². The average molecular weight is 348 g/mol. The predicted molar refractivity (Wildman–Crippen MR) is 97.6 cm³/mol. The first-order valence-corrected chi connectivity index (χ1v) is 8.16. The fraction of sp³-hybridized carbons (Fsp3) is 0.100. The molecule has 0 spiro atoms. The highest BCUT2D eigenvalue weighted by Crippen LogP contribution is 2.17. The Kier molecular flexibility index (Phi) is 3.93. The fourth-order valence-electron chi connectivity index (χ4n) is 2.99. The highest BCUT2D eigenvalue weighted by Gasteiger charge is 2.23. The monoisotopic (exact) mass is 348 g/mol. The third-order valence-electron chi connectivity index (χ3n) is 4.28. The highest BCUT2D eigenvalue weighted by molar-refractivity contribution is 5.46. The molecule has 0 amide bonds. The normalized spacial score (nSPS) is 10.8. The van der Waals surface area contributed by atoms with Crippen LogP contribution in [0.3, 0.4) is 0 Å². The van der Waals surface area contributed by atoms with E-state index in [-0.39, 0.29) is 5.69 Å². The van der Waals surface area contributed by atoms with Gasteiger partial charge in [0.1, 0.15) is 23.4 Å². The van der Waals surface area contributed by atoms with Crippen molar-refractivity contribution in [2.75, 3.05) is 14.2 Å². The third-order valence-corrected chi connectivity index (χ3v) is 4.28. The van der Waals surface area contributed by atoms with Crippen molar-refractivity contribution >= 4 is 5.65 Å². The van der Waals surface area contributed by atoms with Crippen LogP contribution in [0.5, 0.6) is 11.5 Å². The van der Waals surface area contributed by atoms with E-state index in [4.69, 9.17) is 9.47 Å². The smallest absolute Gasteiger partial charge is 0.457 e. The number of nitrogens with zero attached hydrogens (tertiary/aromatic N) is 3. The van der Waals surface area contributed by atoms with E-state index in [9.17, 15) is 4.79 Å². The van der Waals surface area contributed by atoms with Gasteiger partial charge in [0.25, 0.3) is 0 Å². The summed E-state index contributed by atoms with van der Waals surface area (Å²) in [5.74, 6) is 1.49. The van der Waals surface area contributed by atoms with Crippen molar-refractivity contribution in [2.24, 2.45) is 0 Å². The van der Waals surface area contributed by atoms with Gasteiger partial charge in [0.2, 0.25) is 0 Å². The maximum absolute atomic E-state index is 13.2. The molecule has 0 atom stereocenters. The zero-order valence-electron chi connectivity index (χ0n) is 14.5. The summed E-state index contributed by atoms with van der Waals surface area (Å²) in [4.78, 5) is 13.2. The van der Waals surface area contributed by atoms with Crippen LogP contribution >= 0.6 is 0 Å². The summed E-state index contributed by atoms with van der Waals surface area (Å²) in [5, 5.41) is 0. The van der Waals surface area contributed by atoms with Crippen LogP contribution in [0.1, 0.15) is 0 Å². The number of ether oxygens (including phenoxy) is 2. The van der Waals surface area contributed by atoms with Gasteiger partial charge < -0.3 is 9.47 Å². The minimum absolute atomic E-state index is 0.161. The molecule has 0 bridgehead atoms. The van der Waals surface area contributed by atoms with Crippen LogP contribution in [0.2, 0.25) is 0 Å². The van der Waals surface area contributed by atoms with Gasteiger partial charge in [-0.2, -0.15) is 0 Å². The molecule has 4 rings (SSSR count). The quantitative estimate of drug-likeness (QED) is 0.532. The summed E-state index contributed by atoms with van der Waals surface area (Å²) < 4.78 is 15.5. The minimum atomic E-state index is -0.161. The van der Waals surface area contributed by atoms with Crippen molar-refractivity contribution in [1.82, 2.24) is 9.25 Å². The molecule has 2 heterocycles. The van der Waals surface area contributed by atoms with Crippen LogP contribution in [0, 0.1) is 0 Å². The van der Waals surface area contributed by atoms with Crippen molar-refractivity contribution in [3.8, 4) is 22.9 Å². The molecule has 0 radical (unpaired) electrons. The van der Waals surface area contributed by atoms with Gasteiger partial charge >= 0.3 is 11.3 Å². The van der Waals surface area contributed by atoms with E-state index in [2.05, 4.69) is 0 Å². The first-order valence-electron chi connectivity index (χ1n) is 8.16. The summed E-state index contributed by atoms with van der Waals surface area (Å²) in [6.07, 6.45) is 1.86. The van der Waals surface area contributed by atoms with E-state index in [1.54, 1.807) is 23.5 Å². The molecule has 0 aliphatic rings. The molecule has 0 saturated heterocycles. The van der Waals surface area contributed by atoms with Gasteiger partial charge in [0.15, 0.2) is 0 Å². The second-order valence-electron chi connectivity index (χ2n) is 5.73. The summed E-state index contributed by atoms with van der Waals surface area (Å²) in [6, 6.07) is 20.5. The summed E-state index contributed by atoms with van der Waals surface area (Å²) in [5.41, 5.74) is 2.13. The first kappa shape index (κ1) is 16.0. The van der Waals surface area contributed by atoms with Crippen LogP contribution in [-0.4, -0.2) is 23.5 Å². The largest absolute Gasteiger partial charge is 0.497 e. The second-order valence-corrected chi connectivity index (χ2v) is 5.73. The van der Waals surface area contributed by atoms with Crippen molar-refractivity contribution in [1.29, 1.82) is 0 Å². The first-order chi connectivity index (χ1) is 12.7. The van der Waals surface area contributed by atoms with Gasteiger partial charge in [0, 0.05) is 6.07 Å². The summed E-state index contributed by atoms with van der Waals surface area (Å²) >= 11 is 0. The number of hydrogen-bond donors (Lipinski definition) is 0. The van der Waals surface area contributed by atoms with E-state index in [1.165, 1.54) is 0 Å². The van der Waals surface area contributed by atoms with Gasteiger partial charge in [-0.1, -0.05) is 6.07 Å². The molecule has 6 heteroatoms. The van der Waals surface area contributed by atoms with Gasteiger partial charge in [-0.15, -0.1) is 13.8 Å². The predicted octanol–water partition coefficient (Wildman–Crippen LogP) is 2.38. The lowest BCUT2D eigenvalue weighted by molar-refractivity contribution is -0.600. The standard InChI is InChI=1S/C20H18N3O3/c1-25-17-10-6-15(7-11-17)22-19-5-3-4-14-21(19)23(20(22)24)16-8-12-18(26-2)13-9-16/h3-14H,1-2H3/q+1. The zero-order chi connectivity index (χ0) is 18.1. The van der Waals surface area contributed by atoms with Crippen LogP contribution < -0.4 is 19.7 Å². The number of pyridine rings is 1. The van der Waals surface area contributed by atoms with Gasteiger partial charge in [0.05, 0.1) is 19.9 Å². The van der Waals surface area contributed by atoms with Crippen molar-refractivity contribution in [3.63, 3.8) is 0 Å². The van der Waals surface area contributed by atoms with Crippen LogP contribution in [-0.2, 0) is 0 Å². The molecule has 26 heavy (non-hydrogen) atoms. The Balaban J connectivity index is 1.97. The van der Waals surface area contributed by atoms with Gasteiger partial charge in [-0.25, -0.2) is 4.79 Å². The van der Waals surface area contributed by atoms with E-state index in [0.29, 0.717) is 0 Å². The Labute approximate surface area is 150 Å². The number of benzene rings is 2. The maximum atomic E-state index is 13.2. The van der Waals surface area contributed by atoms with Crippen LogP contribution in [0.15, 0.2) is 77.7 Å². The molecule has 130 valence electrons. The number of rotatable bonds is 4. The Morgan fingerprint density at radius 3 is 1.92 bits per heavy atom. The Hall–Kier alpha value is -3.54. The van der Waals surface area contributed by atoms with Crippen molar-refractivity contribution in [2.45, 2.75) is 0 Å². The molecule has 0 aliphatic carbocycles. The molecule has 2 aromatic heterocycles. The summed E-state index contributed by atoms with van der Waals surface area (Å²) in [7, 11) is 3.23. The molecular formula is C20H18N3O3+. The lowest BCUT2D eigenvalue weighted by atomic mass is 10.3. The molecule has 0 saturated carbocycles. The van der Waals surface area contributed by atoms with E-state index in [0.717, 1.165) is 28.5 Å². The topological polar surface area (TPSA) is 49.5 Å². The fourth-order valence-corrected chi connectivity index (χ4v) is 2.99. The Bertz CT molecular complexity index is 1020. The van der Waals surface area contributed by atoms with Crippen LogP contribution in [0.25, 0.3) is 17.0 Å². The van der Waals surface area contributed by atoms with E-state index < -0.39 is 0 Å². The van der Waals surface area contributed by atoms with Gasteiger partial charge in [-0.3, -0.25) is 0 Å².